The summed E-state index contributed by atoms with van der Waals surface area (Å²) in [6, 6.07) is 0. The van der Waals surface area contributed by atoms with Crippen molar-refractivity contribution in [2.75, 3.05) is 19.6 Å². The van der Waals surface area contributed by atoms with Crippen molar-refractivity contribution in [2.45, 2.75) is 39.5 Å². The molecular formula is C10H21NO. The van der Waals surface area contributed by atoms with E-state index in [9.17, 15) is 4.79 Å². The van der Waals surface area contributed by atoms with Crippen LogP contribution in [0.25, 0.3) is 0 Å². The summed E-state index contributed by atoms with van der Waals surface area (Å²) in [4.78, 5) is 12.5. The summed E-state index contributed by atoms with van der Waals surface area (Å²) in [7, 11) is 0. The van der Waals surface area contributed by atoms with E-state index in [1.807, 2.05) is 0 Å². The molecule has 0 aliphatic heterocycles. The fraction of sp³-hybridized carbons (Fsp3) is 0.900. The molecule has 0 aliphatic carbocycles. The average Bonchev–Trinajstić information content (AvgIpc) is 2.10. The molecule has 0 radical (unpaired) electrons. The third-order valence-electron chi connectivity index (χ3n) is 1.99. The highest BCUT2D eigenvalue weighted by Gasteiger charge is 2.01. The van der Waals surface area contributed by atoms with Crippen LogP contribution < -0.4 is 0 Å². The Kier molecular flexibility index (Phi) is 8.46. The average molecular weight is 171 g/mol. The van der Waals surface area contributed by atoms with Crippen LogP contribution in [0.2, 0.25) is 0 Å². The molecule has 0 spiro atoms. The summed E-state index contributed by atoms with van der Waals surface area (Å²) in [5.41, 5.74) is 0. The summed E-state index contributed by atoms with van der Waals surface area (Å²) in [5, 5.41) is 0. The molecule has 0 amide bonds. The van der Waals surface area contributed by atoms with Crippen LogP contribution in [0.3, 0.4) is 0 Å². The second-order valence-corrected chi connectivity index (χ2v) is 3.17. The maximum absolute atomic E-state index is 10.3. The van der Waals surface area contributed by atoms with Gasteiger partial charge < -0.3 is 4.79 Å². The van der Waals surface area contributed by atoms with Crippen molar-refractivity contribution < 1.29 is 4.79 Å². The lowest BCUT2D eigenvalue weighted by Gasteiger charge is -2.18. The number of unbranched alkanes of at least 4 members (excludes halogenated alkanes) is 2. The third kappa shape index (κ3) is 6.35. The zero-order valence-electron chi connectivity index (χ0n) is 8.38. The molecule has 0 saturated carbocycles. The Morgan fingerprint density at radius 2 is 1.58 bits per heavy atom. The van der Waals surface area contributed by atoms with Gasteiger partial charge in [0.25, 0.3) is 0 Å². The highest BCUT2D eigenvalue weighted by atomic mass is 16.1. The van der Waals surface area contributed by atoms with Crippen LogP contribution >= 0.6 is 0 Å². The van der Waals surface area contributed by atoms with Gasteiger partial charge in [-0.15, -0.1) is 0 Å². The molecule has 2 nitrogen and oxygen atoms in total. The minimum absolute atomic E-state index is 0.611. The van der Waals surface area contributed by atoms with E-state index in [1.165, 1.54) is 25.7 Å². The SMILES string of the molecule is CCCCN(CC=O)CCCC. The van der Waals surface area contributed by atoms with Crippen LogP contribution in [0.1, 0.15) is 39.5 Å². The van der Waals surface area contributed by atoms with Gasteiger partial charge in [0, 0.05) is 0 Å². The molecule has 0 aliphatic rings. The summed E-state index contributed by atoms with van der Waals surface area (Å²) in [5.74, 6) is 0. The molecule has 0 unspecified atom stereocenters. The summed E-state index contributed by atoms with van der Waals surface area (Å²) >= 11 is 0. The molecule has 0 fully saturated rings. The van der Waals surface area contributed by atoms with E-state index in [0.717, 1.165) is 19.4 Å². The van der Waals surface area contributed by atoms with Crippen molar-refractivity contribution in [3.05, 3.63) is 0 Å². The van der Waals surface area contributed by atoms with Crippen molar-refractivity contribution in [1.29, 1.82) is 0 Å². The number of aldehydes is 1. The van der Waals surface area contributed by atoms with E-state index >= 15 is 0 Å². The number of carbonyl (C=O) groups is 1. The lowest BCUT2D eigenvalue weighted by Crippen LogP contribution is -2.27. The summed E-state index contributed by atoms with van der Waals surface area (Å²) in [6.07, 6.45) is 5.84. The van der Waals surface area contributed by atoms with Crippen LogP contribution in [-0.2, 0) is 4.79 Å². The smallest absolute Gasteiger partial charge is 0.133 e. The molecule has 2 heteroatoms. The number of hydrogen-bond acceptors (Lipinski definition) is 2. The van der Waals surface area contributed by atoms with Gasteiger partial charge in [0.15, 0.2) is 0 Å². The molecule has 0 heterocycles. The highest BCUT2D eigenvalue weighted by Crippen LogP contribution is 1.97. The lowest BCUT2D eigenvalue weighted by atomic mass is 10.2. The Labute approximate surface area is 75.9 Å². The minimum atomic E-state index is 0.611. The first-order valence-corrected chi connectivity index (χ1v) is 5.01. The number of carbonyl (C=O) groups excluding carboxylic acids is 1. The van der Waals surface area contributed by atoms with Gasteiger partial charge in [0.1, 0.15) is 6.29 Å². The molecule has 0 saturated heterocycles. The van der Waals surface area contributed by atoms with E-state index in [4.69, 9.17) is 0 Å². The van der Waals surface area contributed by atoms with Crippen molar-refractivity contribution in [3.63, 3.8) is 0 Å². The third-order valence-corrected chi connectivity index (χ3v) is 1.99. The van der Waals surface area contributed by atoms with Gasteiger partial charge in [-0.1, -0.05) is 26.7 Å². The molecule has 0 aromatic carbocycles. The monoisotopic (exact) mass is 171 g/mol. The van der Waals surface area contributed by atoms with Crippen LogP contribution in [0.4, 0.5) is 0 Å². The zero-order chi connectivity index (χ0) is 9.23. The van der Waals surface area contributed by atoms with E-state index in [2.05, 4.69) is 18.7 Å². The molecule has 0 aromatic rings. The van der Waals surface area contributed by atoms with Crippen LogP contribution in [0.15, 0.2) is 0 Å². The van der Waals surface area contributed by atoms with Crippen molar-refractivity contribution in [1.82, 2.24) is 4.90 Å². The lowest BCUT2D eigenvalue weighted by molar-refractivity contribution is -0.108. The predicted octanol–water partition coefficient (Wildman–Crippen LogP) is 2.09. The van der Waals surface area contributed by atoms with Crippen molar-refractivity contribution in [3.8, 4) is 0 Å². The first kappa shape index (κ1) is 11.6. The van der Waals surface area contributed by atoms with Gasteiger partial charge in [-0.3, -0.25) is 4.90 Å². The Morgan fingerprint density at radius 3 is 1.92 bits per heavy atom. The van der Waals surface area contributed by atoms with Gasteiger partial charge in [0.05, 0.1) is 6.54 Å². The van der Waals surface area contributed by atoms with Crippen molar-refractivity contribution >= 4 is 6.29 Å². The fourth-order valence-corrected chi connectivity index (χ4v) is 1.16. The second-order valence-electron chi connectivity index (χ2n) is 3.17. The van der Waals surface area contributed by atoms with Gasteiger partial charge >= 0.3 is 0 Å². The molecule has 0 bridgehead atoms. The standard InChI is InChI=1S/C10H21NO/c1-3-5-7-11(9-10-12)8-6-4-2/h10H,3-9H2,1-2H3. The van der Waals surface area contributed by atoms with Crippen LogP contribution in [0, 0.1) is 0 Å². The minimum Gasteiger partial charge on any atom is -0.302 e. The molecule has 0 atom stereocenters. The molecule has 12 heavy (non-hydrogen) atoms. The number of nitrogens with zero attached hydrogens (tertiary/aromatic N) is 1. The Balaban J connectivity index is 3.46. The maximum Gasteiger partial charge on any atom is 0.133 e. The van der Waals surface area contributed by atoms with E-state index < -0.39 is 0 Å². The maximum atomic E-state index is 10.3. The van der Waals surface area contributed by atoms with E-state index in [-0.39, 0.29) is 0 Å². The Hall–Kier alpha value is -0.370. The molecule has 0 rings (SSSR count). The first-order valence-electron chi connectivity index (χ1n) is 5.01. The molecular weight excluding hydrogens is 150 g/mol. The predicted molar refractivity (Wildman–Crippen MR) is 52.3 cm³/mol. The molecule has 0 aromatic heterocycles. The van der Waals surface area contributed by atoms with E-state index in [1.54, 1.807) is 0 Å². The first-order chi connectivity index (χ1) is 5.85. The van der Waals surface area contributed by atoms with Gasteiger partial charge in [-0.05, 0) is 25.9 Å². The normalized spacial score (nSPS) is 10.6. The largest absolute Gasteiger partial charge is 0.302 e. The second kappa shape index (κ2) is 8.72. The van der Waals surface area contributed by atoms with Crippen molar-refractivity contribution in [2.24, 2.45) is 0 Å². The molecule has 0 N–H and O–H groups in total. The zero-order valence-corrected chi connectivity index (χ0v) is 8.38. The highest BCUT2D eigenvalue weighted by molar-refractivity contribution is 5.51. The van der Waals surface area contributed by atoms with Crippen LogP contribution in [0.5, 0.6) is 0 Å². The van der Waals surface area contributed by atoms with E-state index in [0.29, 0.717) is 6.54 Å². The number of rotatable bonds is 8. The number of hydrogen-bond donors (Lipinski definition) is 0. The van der Waals surface area contributed by atoms with Gasteiger partial charge in [0.2, 0.25) is 0 Å². The quantitative estimate of drug-likeness (QED) is 0.521. The summed E-state index contributed by atoms with van der Waals surface area (Å²) in [6.45, 7) is 7.13. The van der Waals surface area contributed by atoms with Crippen LogP contribution in [-0.4, -0.2) is 30.8 Å². The fourth-order valence-electron chi connectivity index (χ4n) is 1.16. The molecule has 72 valence electrons. The Morgan fingerprint density at radius 1 is 1.08 bits per heavy atom. The summed E-state index contributed by atoms with van der Waals surface area (Å²) < 4.78 is 0. The van der Waals surface area contributed by atoms with Gasteiger partial charge in [-0.2, -0.15) is 0 Å². The Bertz CT molecular complexity index is 96.0. The van der Waals surface area contributed by atoms with Gasteiger partial charge in [-0.25, -0.2) is 0 Å². The topological polar surface area (TPSA) is 20.3 Å².